The molecule has 3 heteroatoms. The van der Waals surface area contributed by atoms with Crippen LogP contribution in [0.1, 0.15) is 6.92 Å². The van der Waals surface area contributed by atoms with E-state index in [1.165, 1.54) is 11.8 Å². The molecule has 2 rings (SSSR count). The first-order valence-corrected chi connectivity index (χ1v) is 5.59. The third kappa shape index (κ3) is 2.28. The van der Waals surface area contributed by atoms with Crippen molar-refractivity contribution in [3.05, 3.63) is 36.4 Å². The average Bonchev–Trinajstić information content (AvgIpc) is 2.29. The highest BCUT2D eigenvalue weighted by molar-refractivity contribution is 8.00. The Kier molecular flexibility index (Phi) is 2.89. The van der Waals surface area contributed by atoms with Gasteiger partial charge in [-0.1, -0.05) is 36.0 Å². The van der Waals surface area contributed by atoms with Crippen molar-refractivity contribution < 1.29 is 0 Å². The van der Waals surface area contributed by atoms with Crippen LogP contribution < -0.4 is 0 Å². The highest BCUT2D eigenvalue weighted by Crippen LogP contribution is 2.23. The maximum Gasteiger partial charge on any atom is 0.0980 e. The van der Waals surface area contributed by atoms with E-state index in [4.69, 9.17) is 5.26 Å². The maximum absolute atomic E-state index is 8.71. The van der Waals surface area contributed by atoms with E-state index in [1.54, 1.807) is 0 Å². The molecule has 74 valence electrons. The number of rotatable bonds is 2. The highest BCUT2D eigenvalue weighted by Gasteiger charge is 2.04. The van der Waals surface area contributed by atoms with E-state index in [0.717, 1.165) is 15.9 Å². The zero-order chi connectivity index (χ0) is 10.7. The van der Waals surface area contributed by atoms with Crippen molar-refractivity contribution in [2.75, 3.05) is 0 Å². The van der Waals surface area contributed by atoms with Crippen LogP contribution in [0.2, 0.25) is 0 Å². The molecule has 0 aliphatic rings. The van der Waals surface area contributed by atoms with Crippen molar-refractivity contribution in [3.8, 4) is 6.07 Å². The summed E-state index contributed by atoms with van der Waals surface area (Å²) in [4.78, 5) is 4.47. The van der Waals surface area contributed by atoms with Crippen molar-refractivity contribution in [1.29, 1.82) is 5.26 Å². The summed E-state index contributed by atoms with van der Waals surface area (Å²) in [6, 6.07) is 14.2. The van der Waals surface area contributed by atoms with Crippen LogP contribution in [0.4, 0.5) is 0 Å². The lowest BCUT2D eigenvalue weighted by atomic mass is 10.2. The quantitative estimate of drug-likeness (QED) is 0.720. The van der Waals surface area contributed by atoms with E-state index in [0.29, 0.717) is 0 Å². The number of fused-ring (bicyclic) bond motifs is 1. The summed E-state index contributed by atoms with van der Waals surface area (Å²) in [7, 11) is 0. The average molecular weight is 214 g/mol. The molecule has 0 bridgehead atoms. The molecule has 0 saturated heterocycles. The number of benzene rings is 1. The van der Waals surface area contributed by atoms with Gasteiger partial charge in [0, 0.05) is 5.39 Å². The molecule has 0 N–H and O–H groups in total. The number of aromatic nitrogens is 1. The lowest BCUT2D eigenvalue weighted by Crippen LogP contribution is -1.91. The van der Waals surface area contributed by atoms with E-state index in [-0.39, 0.29) is 5.25 Å². The smallest absolute Gasteiger partial charge is 0.0980 e. The lowest BCUT2D eigenvalue weighted by Gasteiger charge is -2.03. The van der Waals surface area contributed by atoms with Crippen molar-refractivity contribution >= 4 is 22.7 Å². The molecule has 0 spiro atoms. The summed E-state index contributed by atoms with van der Waals surface area (Å²) in [6.07, 6.45) is 0. The molecule has 0 unspecified atom stereocenters. The Labute approximate surface area is 92.9 Å². The third-order valence-corrected chi connectivity index (χ3v) is 2.98. The standard InChI is InChI=1S/C12H10N2S/c1-9(8-13)15-12-7-6-10-4-2-3-5-11(10)14-12/h2-7,9H,1H3/t9-/m0/s1. The highest BCUT2D eigenvalue weighted by atomic mass is 32.2. The van der Waals surface area contributed by atoms with Crippen molar-refractivity contribution in [2.45, 2.75) is 17.2 Å². The van der Waals surface area contributed by atoms with Gasteiger partial charge in [-0.2, -0.15) is 5.26 Å². The SMILES string of the molecule is C[C@@H](C#N)Sc1ccc2ccccc2n1. The number of thioether (sulfide) groups is 1. The minimum absolute atomic E-state index is 0.0568. The molecule has 0 aliphatic heterocycles. The van der Waals surface area contributed by atoms with Crippen LogP contribution >= 0.6 is 11.8 Å². The summed E-state index contributed by atoms with van der Waals surface area (Å²) in [5, 5.41) is 10.7. The molecule has 2 nitrogen and oxygen atoms in total. The summed E-state index contributed by atoms with van der Waals surface area (Å²) in [5.74, 6) is 0. The molecule has 2 aromatic rings. The first-order valence-electron chi connectivity index (χ1n) is 4.71. The summed E-state index contributed by atoms with van der Waals surface area (Å²) >= 11 is 1.49. The minimum atomic E-state index is -0.0568. The van der Waals surface area contributed by atoms with Gasteiger partial charge in [-0.25, -0.2) is 4.98 Å². The normalized spacial score (nSPS) is 12.3. The number of nitrogens with zero attached hydrogens (tertiary/aromatic N) is 2. The van der Waals surface area contributed by atoms with Gasteiger partial charge in [0.25, 0.3) is 0 Å². The molecular weight excluding hydrogens is 204 g/mol. The topological polar surface area (TPSA) is 36.7 Å². The van der Waals surface area contributed by atoms with Gasteiger partial charge >= 0.3 is 0 Å². The number of hydrogen-bond donors (Lipinski definition) is 0. The van der Waals surface area contributed by atoms with E-state index >= 15 is 0 Å². The molecule has 1 aromatic heterocycles. The number of nitriles is 1. The number of para-hydroxylation sites is 1. The van der Waals surface area contributed by atoms with Gasteiger partial charge in [0.05, 0.1) is 21.9 Å². The molecule has 1 atom stereocenters. The predicted octanol–water partition coefficient (Wildman–Crippen LogP) is 3.24. The first kappa shape index (κ1) is 10.0. The van der Waals surface area contributed by atoms with E-state index in [2.05, 4.69) is 11.1 Å². The molecule has 0 fully saturated rings. The monoisotopic (exact) mass is 214 g/mol. The second-order valence-electron chi connectivity index (χ2n) is 3.23. The van der Waals surface area contributed by atoms with Crippen molar-refractivity contribution in [1.82, 2.24) is 4.98 Å². The fourth-order valence-electron chi connectivity index (χ4n) is 1.32. The van der Waals surface area contributed by atoms with Gasteiger partial charge in [0.1, 0.15) is 0 Å². The second-order valence-corrected chi connectivity index (χ2v) is 4.59. The predicted molar refractivity (Wildman–Crippen MR) is 62.7 cm³/mol. The molecule has 15 heavy (non-hydrogen) atoms. The second kappa shape index (κ2) is 4.33. The summed E-state index contributed by atoms with van der Waals surface area (Å²) in [5.41, 5.74) is 0.979. The van der Waals surface area contributed by atoms with Gasteiger partial charge in [0.15, 0.2) is 0 Å². The van der Waals surface area contributed by atoms with Crippen LogP contribution in [-0.2, 0) is 0 Å². The van der Waals surface area contributed by atoms with Crippen LogP contribution in [-0.4, -0.2) is 10.2 Å². The molecule has 1 heterocycles. The Morgan fingerprint density at radius 2 is 2.07 bits per heavy atom. The van der Waals surface area contributed by atoms with E-state index in [1.807, 2.05) is 43.3 Å². The van der Waals surface area contributed by atoms with Crippen LogP contribution in [0.15, 0.2) is 41.4 Å². The largest absolute Gasteiger partial charge is 0.241 e. The Morgan fingerprint density at radius 1 is 1.27 bits per heavy atom. The first-order chi connectivity index (χ1) is 7.29. The Bertz CT molecular complexity index is 516. The molecule has 1 aromatic carbocycles. The fraction of sp³-hybridized carbons (Fsp3) is 0.167. The summed E-state index contributed by atoms with van der Waals surface area (Å²) in [6.45, 7) is 1.88. The Balaban J connectivity index is 2.35. The van der Waals surface area contributed by atoms with Crippen molar-refractivity contribution in [2.24, 2.45) is 0 Å². The van der Waals surface area contributed by atoms with E-state index in [9.17, 15) is 0 Å². The van der Waals surface area contributed by atoms with Crippen LogP contribution in [0.5, 0.6) is 0 Å². The van der Waals surface area contributed by atoms with Gasteiger partial charge in [-0.05, 0) is 19.1 Å². The Morgan fingerprint density at radius 3 is 2.87 bits per heavy atom. The van der Waals surface area contributed by atoms with Gasteiger partial charge in [-0.15, -0.1) is 0 Å². The molecule has 0 amide bonds. The van der Waals surface area contributed by atoms with Crippen molar-refractivity contribution in [3.63, 3.8) is 0 Å². The van der Waals surface area contributed by atoms with Crippen LogP contribution in [0.3, 0.4) is 0 Å². The number of pyridine rings is 1. The Hall–Kier alpha value is -1.53. The van der Waals surface area contributed by atoms with Crippen LogP contribution in [0.25, 0.3) is 10.9 Å². The van der Waals surface area contributed by atoms with Gasteiger partial charge in [-0.3, -0.25) is 0 Å². The van der Waals surface area contributed by atoms with Gasteiger partial charge < -0.3 is 0 Å². The van der Waals surface area contributed by atoms with E-state index < -0.39 is 0 Å². The molecular formula is C12H10N2S. The molecule has 0 radical (unpaired) electrons. The minimum Gasteiger partial charge on any atom is -0.241 e. The lowest BCUT2D eigenvalue weighted by molar-refractivity contribution is 1.16. The number of hydrogen-bond acceptors (Lipinski definition) is 3. The fourth-order valence-corrected chi connectivity index (χ4v) is 2.03. The van der Waals surface area contributed by atoms with Crippen LogP contribution in [0, 0.1) is 11.3 Å². The zero-order valence-electron chi connectivity index (χ0n) is 8.34. The summed E-state index contributed by atoms with van der Waals surface area (Å²) < 4.78 is 0. The zero-order valence-corrected chi connectivity index (χ0v) is 9.16. The molecule has 0 saturated carbocycles. The maximum atomic E-state index is 8.71. The van der Waals surface area contributed by atoms with Gasteiger partial charge in [0.2, 0.25) is 0 Å². The molecule has 0 aliphatic carbocycles. The third-order valence-electron chi connectivity index (χ3n) is 2.05.